The Balaban J connectivity index is 1.40. The molecule has 2 aromatic carbocycles. The Bertz CT molecular complexity index is 1350. The van der Waals surface area contributed by atoms with Crippen molar-refractivity contribution in [2.45, 2.75) is 20.0 Å². The Hall–Kier alpha value is -4.26. The second-order valence-corrected chi connectivity index (χ2v) is 8.23. The van der Waals surface area contributed by atoms with Gasteiger partial charge in [0.05, 0.1) is 38.7 Å². The van der Waals surface area contributed by atoms with E-state index >= 15 is 0 Å². The molecular formula is C27H26N4O3. The topological polar surface area (TPSA) is 61.5 Å². The standard InChI is InChI=1S/C27H26N4O3/c1-19-6-10-21(11-7-19)31-27(29-14-4-5-15-29)22-17-30(18-23(22)28-31)26(32)13-9-20-8-12-24(33-2)25(16-20)34-3/h4-16H,17-18H2,1-3H3. The molecule has 0 atom stereocenters. The van der Waals surface area contributed by atoms with Gasteiger partial charge in [0.2, 0.25) is 5.91 Å². The van der Waals surface area contributed by atoms with Crippen LogP contribution in [0, 0.1) is 6.92 Å². The van der Waals surface area contributed by atoms with Gasteiger partial charge in [0.1, 0.15) is 5.82 Å². The fourth-order valence-electron chi connectivity index (χ4n) is 4.19. The number of hydrogen-bond acceptors (Lipinski definition) is 4. The zero-order valence-electron chi connectivity index (χ0n) is 19.4. The average Bonchev–Trinajstić information content (AvgIpc) is 3.59. The van der Waals surface area contributed by atoms with Gasteiger partial charge in [0.25, 0.3) is 0 Å². The Kier molecular flexibility index (Phi) is 5.67. The molecule has 0 fully saturated rings. The number of hydrogen-bond donors (Lipinski definition) is 0. The molecule has 34 heavy (non-hydrogen) atoms. The molecule has 1 aliphatic heterocycles. The highest BCUT2D eigenvalue weighted by atomic mass is 16.5. The number of rotatable bonds is 6. The fraction of sp³-hybridized carbons (Fsp3) is 0.185. The molecule has 0 saturated carbocycles. The van der Waals surface area contributed by atoms with Gasteiger partial charge in [-0.15, -0.1) is 0 Å². The summed E-state index contributed by atoms with van der Waals surface area (Å²) in [4.78, 5) is 14.8. The minimum absolute atomic E-state index is 0.0619. The monoisotopic (exact) mass is 454 g/mol. The van der Waals surface area contributed by atoms with Crippen LogP contribution in [-0.4, -0.2) is 39.4 Å². The first kappa shape index (κ1) is 21.6. The molecule has 0 bridgehead atoms. The maximum absolute atomic E-state index is 13.0. The predicted octanol–water partition coefficient (Wildman–Crippen LogP) is 4.54. The molecule has 3 heterocycles. The number of ether oxygens (including phenoxy) is 2. The van der Waals surface area contributed by atoms with Crippen molar-refractivity contribution < 1.29 is 14.3 Å². The summed E-state index contributed by atoms with van der Waals surface area (Å²) in [7, 11) is 3.19. The number of fused-ring (bicyclic) bond motifs is 1. The van der Waals surface area contributed by atoms with Crippen LogP contribution in [0.5, 0.6) is 11.5 Å². The van der Waals surface area contributed by atoms with E-state index in [1.165, 1.54) is 5.56 Å². The van der Waals surface area contributed by atoms with Gasteiger partial charge in [-0.2, -0.15) is 5.10 Å². The Labute approximate surface area is 198 Å². The maximum atomic E-state index is 13.0. The van der Waals surface area contributed by atoms with E-state index in [4.69, 9.17) is 14.6 Å². The summed E-state index contributed by atoms with van der Waals surface area (Å²) in [6, 6.07) is 17.8. The van der Waals surface area contributed by atoms with Crippen LogP contribution in [-0.2, 0) is 17.9 Å². The van der Waals surface area contributed by atoms with Gasteiger partial charge < -0.3 is 18.9 Å². The van der Waals surface area contributed by atoms with Crippen molar-refractivity contribution >= 4 is 12.0 Å². The number of aromatic nitrogens is 3. The number of benzene rings is 2. The SMILES string of the molecule is COc1ccc(C=CC(=O)N2Cc3nn(-c4ccc(C)cc4)c(-n4cccc4)c3C2)cc1OC. The van der Waals surface area contributed by atoms with Crippen LogP contribution in [0.1, 0.15) is 22.4 Å². The van der Waals surface area contributed by atoms with Gasteiger partial charge in [-0.1, -0.05) is 23.8 Å². The van der Waals surface area contributed by atoms with Crippen molar-refractivity contribution in [1.82, 2.24) is 19.2 Å². The van der Waals surface area contributed by atoms with Crippen LogP contribution in [0.15, 0.2) is 73.1 Å². The van der Waals surface area contributed by atoms with E-state index in [0.29, 0.717) is 24.6 Å². The summed E-state index contributed by atoms with van der Waals surface area (Å²) in [6.07, 6.45) is 7.39. The van der Waals surface area contributed by atoms with E-state index < -0.39 is 0 Å². The van der Waals surface area contributed by atoms with Gasteiger partial charge in [-0.25, -0.2) is 4.68 Å². The largest absolute Gasteiger partial charge is 0.493 e. The number of methoxy groups -OCH3 is 2. The molecule has 0 aliphatic carbocycles. The Morgan fingerprint density at radius 2 is 1.71 bits per heavy atom. The molecular weight excluding hydrogens is 428 g/mol. The van der Waals surface area contributed by atoms with Crippen molar-refractivity contribution in [3.63, 3.8) is 0 Å². The molecule has 0 spiro atoms. The number of amides is 1. The lowest BCUT2D eigenvalue weighted by molar-refractivity contribution is -0.126. The summed E-state index contributed by atoms with van der Waals surface area (Å²) in [5, 5.41) is 4.89. The quantitative estimate of drug-likeness (QED) is 0.401. The van der Waals surface area contributed by atoms with Crippen LogP contribution >= 0.6 is 0 Å². The summed E-state index contributed by atoms with van der Waals surface area (Å²) in [5.41, 5.74) is 5.03. The van der Waals surface area contributed by atoms with Crippen LogP contribution in [0.3, 0.4) is 0 Å². The minimum atomic E-state index is -0.0619. The zero-order chi connectivity index (χ0) is 23.7. The minimum Gasteiger partial charge on any atom is -0.493 e. The number of nitrogens with zero attached hydrogens (tertiary/aromatic N) is 4. The number of aryl methyl sites for hydroxylation is 1. The third-order valence-electron chi connectivity index (χ3n) is 5.99. The lowest BCUT2D eigenvalue weighted by Gasteiger charge is -2.16. The highest BCUT2D eigenvalue weighted by Crippen LogP contribution is 2.31. The fourth-order valence-corrected chi connectivity index (χ4v) is 4.19. The molecule has 0 unspecified atom stereocenters. The molecule has 0 radical (unpaired) electrons. The van der Waals surface area contributed by atoms with Crippen molar-refractivity contribution in [2.75, 3.05) is 14.2 Å². The molecule has 7 heteroatoms. The van der Waals surface area contributed by atoms with E-state index in [-0.39, 0.29) is 5.91 Å². The molecule has 7 nitrogen and oxygen atoms in total. The second kappa shape index (κ2) is 8.94. The number of carbonyl (C=O) groups excluding carboxylic acids is 1. The van der Waals surface area contributed by atoms with Gasteiger partial charge >= 0.3 is 0 Å². The van der Waals surface area contributed by atoms with E-state index in [2.05, 4.69) is 35.8 Å². The molecule has 0 saturated heterocycles. The van der Waals surface area contributed by atoms with Crippen LogP contribution in [0.4, 0.5) is 0 Å². The van der Waals surface area contributed by atoms with Crippen LogP contribution in [0.2, 0.25) is 0 Å². The summed E-state index contributed by atoms with van der Waals surface area (Å²) < 4.78 is 14.6. The molecule has 5 rings (SSSR count). The Morgan fingerprint density at radius 1 is 0.971 bits per heavy atom. The highest BCUT2D eigenvalue weighted by Gasteiger charge is 2.30. The molecule has 0 N–H and O–H groups in total. The third kappa shape index (κ3) is 3.96. The van der Waals surface area contributed by atoms with Crippen LogP contribution in [0.25, 0.3) is 17.6 Å². The highest BCUT2D eigenvalue weighted by molar-refractivity contribution is 5.92. The third-order valence-corrected chi connectivity index (χ3v) is 5.99. The van der Waals surface area contributed by atoms with E-state index in [9.17, 15) is 4.79 Å². The molecule has 1 amide bonds. The van der Waals surface area contributed by atoms with Crippen LogP contribution < -0.4 is 9.47 Å². The van der Waals surface area contributed by atoms with E-state index in [1.807, 2.05) is 47.4 Å². The molecule has 2 aromatic heterocycles. The van der Waals surface area contributed by atoms with Crippen molar-refractivity contribution in [3.8, 4) is 23.0 Å². The van der Waals surface area contributed by atoms with E-state index in [1.54, 1.807) is 31.3 Å². The van der Waals surface area contributed by atoms with Crippen molar-refractivity contribution in [2.24, 2.45) is 0 Å². The zero-order valence-corrected chi connectivity index (χ0v) is 19.4. The summed E-state index contributed by atoms with van der Waals surface area (Å²) in [6.45, 7) is 3.04. The van der Waals surface area contributed by atoms with Crippen molar-refractivity contribution in [1.29, 1.82) is 0 Å². The van der Waals surface area contributed by atoms with Gasteiger partial charge in [0, 0.05) is 24.0 Å². The molecule has 1 aliphatic rings. The van der Waals surface area contributed by atoms with Gasteiger partial charge in [0.15, 0.2) is 11.5 Å². The average molecular weight is 455 g/mol. The molecule has 4 aromatic rings. The number of carbonyl (C=O) groups is 1. The lowest BCUT2D eigenvalue weighted by Crippen LogP contribution is -2.24. The molecule has 172 valence electrons. The predicted molar refractivity (Wildman–Crippen MR) is 130 cm³/mol. The first-order valence-electron chi connectivity index (χ1n) is 11.1. The normalized spacial score (nSPS) is 12.9. The maximum Gasteiger partial charge on any atom is 0.247 e. The van der Waals surface area contributed by atoms with Gasteiger partial charge in [-0.05, 0) is 55.0 Å². The summed E-state index contributed by atoms with van der Waals surface area (Å²) >= 11 is 0. The lowest BCUT2D eigenvalue weighted by atomic mass is 10.2. The first-order valence-corrected chi connectivity index (χ1v) is 11.1. The van der Waals surface area contributed by atoms with Gasteiger partial charge in [-0.3, -0.25) is 4.79 Å². The Morgan fingerprint density at radius 3 is 2.41 bits per heavy atom. The summed E-state index contributed by atoms with van der Waals surface area (Å²) in [5.74, 6) is 2.18. The second-order valence-electron chi connectivity index (χ2n) is 8.23. The van der Waals surface area contributed by atoms with Crippen molar-refractivity contribution in [3.05, 3.63) is 95.5 Å². The van der Waals surface area contributed by atoms with E-state index in [0.717, 1.165) is 28.3 Å². The first-order chi connectivity index (χ1) is 16.6. The smallest absolute Gasteiger partial charge is 0.247 e.